The zero-order valence-electron chi connectivity index (χ0n) is 16.1. The molecule has 0 fully saturated rings. The van der Waals surface area contributed by atoms with E-state index in [1.807, 2.05) is 13.0 Å². The number of carbonyl (C=O) groups is 2. The summed E-state index contributed by atoms with van der Waals surface area (Å²) in [6, 6.07) is 11.3. The number of thiophene rings is 1. The zero-order chi connectivity index (χ0) is 21.5. The van der Waals surface area contributed by atoms with Gasteiger partial charge < -0.3 is 4.74 Å². The van der Waals surface area contributed by atoms with Crippen molar-refractivity contribution in [1.29, 1.82) is 0 Å². The van der Waals surface area contributed by atoms with Crippen LogP contribution in [0.3, 0.4) is 0 Å². The van der Waals surface area contributed by atoms with Crippen molar-refractivity contribution in [2.24, 2.45) is 0 Å². The molecule has 1 N–H and O–H groups in total. The summed E-state index contributed by atoms with van der Waals surface area (Å²) in [5.41, 5.74) is 1.57. The predicted octanol–water partition coefficient (Wildman–Crippen LogP) is 3.06. The molecular formula is C20H17N3O5S2. The number of amides is 2. The zero-order valence-corrected chi connectivity index (χ0v) is 17.7. The summed E-state index contributed by atoms with van der Waals surface area (Å²) in [5.74, 6) is -0.529. The van der Waals surface area contributed by atoms with E-state index in [9.17, 15) is 18.0 Å². The summed E-state index contributed by atoms with van der Waals surface area (Å²) < 4.78 is 33.5. The maximum absolute atomic E-state index is 12.8. The second kappa shape index (κ2) is 7.54. The number of methoxy groups -OCH3 is 1. The fourth-order valence-electron chi connectivity index (χ4n) is 3.10. The molecule has 4 rings (SSSR count). The van der Waals surface area contributed by atoms with Crippen molar-refractivity contribution in [1.82, 2.24) is 9.88 Å². The molecule has 1 aliphatic heterocycles. The first-order valence-electron chi connectivity index (χ1n) is 8.87. The van der Waals surface area contributed by atoms with Gasteiger partial charge in [0.1, 0.15) is 15.7 Å². The van der Waals surface area contributed by atoms with Crippen LogP contribution in [0.15, 0.2) is 52.9 Å². The Morgan fingerprint density at radius 3 is 2.67 bits per heavy atom. The van der Waals surface area contributed by atoms with E-state index in [2.05, 4.69) is 9.71 Å². The van der Waals surface area contributed by atoms with E-state index >= 15 is 0 Å². The Bertz CT molecular complexity index is 1230. The molecule has 0 saturated carbocycles. The number of imide groups is 1. The second-order valence-corrected chi connectivity index (χ2v) is 9.70. The van der Waals surface area contributed by atoms with Crippen LogP contribution in [0.4, 0.5) is 5.69 Å². The Balaban J connectivity index is 1.55. The number of pyridine rings is 1. The first kappa shape index (κ1) is 20.0. The van der Waals surface area contributed by atoms with Gasteiger partial charge in [-0.25, -0.2) is 8.42 Å². The third-order valence-electron chi connectivity index (χ3n) is 4.55. The monoisotopic (exact) mass is 443 g/mol. The standard InChI is InChI=1S/C20H17N3O5S2/c1-12-5-7-16(28-2)15(10-12)22-30(26,27)17-8-6-13(29-17)11-23-19(24)14-4-3-9-21-18(14)20(23)25/h3-10,22H,11H2,1-2H3. The van der Waals surface area contributed by atoms with Crippen LogP contribution < -0.4 is 9.46 Å². The molecule has 0 atom stereocenters. The van der Waals surface area contributed by atoms with Gasteiger partial charge in [0.05, 0.1) is 24.9 Å². The lowest BCUT2D eigenvalue weighted by Crippen LogP contribution is -2.28. The van der Waals surface area contributed by atoms with Crippen LogP contribution in [-0.2, 0) is 16.6 Å². The number of aryl methyl sites for hydroxylation is 1. The minimum absolute atomic E-state index is 0.0258. The van der Waals surface area contributed by atoms with E-state index in [0.717, 1.165) is 21.8 Å². The number of sulfonamides is 1. The molecule has 1 aliphatic rings. The minimum Gasteiger partial charge on any atom is -0.495 e. The molecule has 154 valence electrons. The number of aromatic nitrogens is 1. The van der Waals surface area contributed by atoms with E-state index in [-0.39, 0.29) is 22.0 Å². The van der Waals surface area contributed by atoms with Crippen LogP contribution in [0, 0.1) is 6.92 Å². The molecule has 0 spiro atoms. The van der Waals surface area contributed by atoms with Gasteiger partial charge >= 0.3 is 0 Å². The molecule has 1 aromatic carbocycles. The molecule has 0 saturated heterocycles. The molecule has 30 heavy (non-hydrogen) atoms. The number of carbonyl (C=O) groups excluding carboxylic acids is 2. The normalized spacial score (nSPS) is 13.5. The highest BCUT2D eigenvalue weighted by molar-refractivity contribution is 7.94. The highest BCUT2D eigenvalue weighted by atomic mass is 32.2. The fourth-order valence-corrected chi connectivity index (χ4v) is 5.50. The van der Waals surface area contributed by atoms with Crippen molar-refractivity contribution in [3.8, 4) is 5.75 Å². The van der Waals surface area contributed by atoms with Crippen LogP contribution in [-0.4, -0.2) is 37.2 Å². The smallest absolute Gasteiger partial charge is 0.280 e. The number of hydrogen-bond acceptors (Lipinski definition) is 7. The lowest BCUT2D eigenvalue weighted by molar-refractivity contribution is 0.0642. The number of rotatable bonds is 6. The predicted molar refractivity (Wildman–Crippen MR) is 111 cm³/mol. The van der Waals surface area contributed by atoms with Crippen molar-refractivity contribution in [2.75, 3.05) is 11.8 Å². The maximum atomic E-state index is 12.8. The number of ether oxygens (including phenoxy) is 1. The lowest BCUT2D eigenvalue weighted by atomic mass is 10.2. The van der Waals surface area contributed by atoms with Crippen molar-refractivity contribution >= 4 is 38.9 Å². The Morgan fingerprint density at radius 1 is 1.13 bits per heavy atom. The van der Waals surface area contributed by atoms with Crippen LogP contribution >= 0.6 is 11.3 Å². The SMILES string of the molecule is COc1ccc(C)cc1NS(=O)(=O)c1ccc(CN2C(=O)c3cccnc3C2=O)s1. The molecule has 0 radical (unpaired) electrons. The Kier molecular flexibility index (Phi) is 5.04. The highest BCUT2D eigenvalue weighted by Gasteiger charge is 2.37. The summed E-state index contributed by atoms with van der Waals surface area (Å²) in [7, 11) is -2.41. The van der Waals surface area contributed by atoms with Gasteiger partial charge in [0.25, 0.3) is 21.8 Å². The van der Waals surface area contributed by atoms with E-state index in [0.29, 0.717) is 16.3 Å². The first-order chi connectivity index (χ1) is 14.3. The molecule has 3 heterocycles. The van der Waals surface area contributed by atoms with Gasteiger partial charge in [-0.15, -0.1) is 11.3 Å². The lowest BCUT2D eigenvalue weighted by Gasteiger charge is -2.12. The minimum atomic E-state index is -3.87. The maximum Gasteiger partial charge on any atom is 0.280 e. The van der Waals surface area contributed by atoms with Crippen LogP contribution in [0.1, 0.15) is 31.3 Å². The van der Waals surface area contributed by atoms with E-state index in [1.54, 1.807) is 30.3 Å². The summed E-state index contributed by atoms with van der Waals surface area (Å²) in [4.78, 5) is 30.5. The molecule has 0 aliphatic carbocycles. The second-order valence-electron chi connectivity index (χ2n) is 6.63. The molecule has 0 bridgehead atoms. The molecule has 0 unspecified atom stereocenters. The Morgan fingerprint density at radius 2 is 1.93 bits per heavy atom. The van der Waals surface area contributed by atoms with E-state index in [1.165, 1.54) is 19.4 Å². The number of hydrogen-bond donors (Lipinski definition) is 1. The van der Waals surface area contributed by atoms with Crippen molar-refractivity contribution < 1.29 is 22.7 Å². The van der Waals surface area contributed by atoms with E-state index in [4.69, 9.17) is 4.74 Å². The molecule has 2 amide bonds. The van der Waals surface area contributed by atoms with Crippen LogP contribution in [0.2, 0.25) is 0 Å². The van der Waals surface area contributed by atoms with Crippen LogP contribution in [0.5, 0.6) is 5.75 Å². The van der Waals surface area contributed by atoms with Crippen molar-refractivity contribution in [2.45, 2.75) is 17.7 Å². The summed E-state index contributed by atoms with van der Waals surface area (Å²) >= 11 is 0.989. The van der Waals surface area contributed by atoms with Crippen molar-refractivity contribution in [3.63, 3.8) is 0 Å². The Hall–Kier alpha value is -3.24. The van der Waals surface area contributed by atoms with Gasteiger partial charge in [-0.1, -0.05) is 6.07 Å². The average Bonchev–Trinajstić information content (AvgIpc) is 3.29. The average molecular weight is 444 g/mol. The number of anilines is 1. The van der Waals surface area contributed by atoms with Gasteiger partial charge in [0, 0.05) is 11.1 Å². The summed E-state index contributed by atoms with van der Waals surface area (Å²) in [6.07, 6.45) is 1.45. The van der Waals surface area contributed by atoms with Gasteiger partial charge in [-0.3, -0.25) is 24.2 Å². The Labute approximate surface area is 177 Å². The van der Waals surface area contributed by atoms with Gasteiger partial charge in [-0.05, 0) is 48.9 Å². The number of fused-ring (bicyclic) bond motifs is 1. The summed E-state index contributed by atoms with van der Waals surface area (Å²) in [6.45, 7) is 1.82. The largest absolute Gasteiger partial charge is 0.495 e. The number of nitrogens with zero attached hydrogens (tertiary/aromatic N) is 2. The molecular weight excluding hydrogens is 426 g/mol. The van der Waals surface area contributed by atoms with Gasteiger partial charge in [0.15, 0.2) is 0 Å². The molecule has 3 aromatic rings. The van der Waals surface area contributed by atoms with E-state index < -0.39 is 21.8 Å². The van der Waals surface area contributed by atoms with Gasteiger partial charge in [0.2, 0.25) is 0 Å². The fraction of sp³-hybridized carbons (Fsp3) is 0.150. The van der Waals surface area contributed by atoms with Crippen LogP contribution in [0.25, 0.3) is 0 Å². The third-order valence-corrected chi connectivity index (χ3v) is 7.47. The van der Waals surface area contributed by atoms with Crippen molar-refractivity contribution in [3.05, 3.63) is 70.4 Å². The molecule has 2 aromatic heterocycles. The third kappa shape index (κ3) is 3.55. The number of nitrogens with one attached hydrogen (secondary N) is 1. The molecule has 8 nitrogen and oxygen atoms in total. The summed E-state index contributed by atoms with van der Waals surface area (Å²) in [5, 5.41) is 0. The molecule has 10 heteroatoms. The first-order valence-corrected chi connectivity index (χ1v) is 11.2. The number of benzene rings is 1. The topological polar surface area (TPSA) is 106 Å². The quantitative estimate of drug-likeness (QED) is 0.587. The highest BCUT2D eigenvalue weighted by Crippen LogP contribution is 2.31. The van der Waals surface area contributed by atoms with Gasteiger partial charge in [-0.2, -0.15) is 0 Å².